The summed E-state index contributed by atoms with van der Waals surface area (Å²) in [6.45, 7) is 6.97. The van der Waals surface area contributed by atoms with E-state index in [9.17, 15) is 4.39 Å². The maximum Gasteiger partial charge on any atom is 0.124 e. The average Bonchev–Trinajstić information content (AvgIpc) is 2.25. The largest absolute Gasteiger partial charge is 0.207 e. The Balaban J connectivity index is 2.13. The zero-order chi connectivity index (χ0) is 14.9. The third kappa shape index (κ3) is 4.07. The van der Waals surface area contributed by atoms with Crippen LogP contribution in [0.3, 0.4) is 0 Å². The summed E-state index contributed by atoms with van der Waals surface area (Å²) in [5, 5.41) is 0. The van der Waals surface area contributed by atoms with E-state index < -0.39 is 0 Å². The van der Waals surface area contributed by atoms with Crippen molar-refractivity contribution in [3.05, 3.63) is 34.1 Å². The van der Waals surface area contributed by atoms with E-state index in [1.807, 2.05) is 6.07 Å². The molecule has 0 spiro atoms. The Kier molecular flexibility index (Phi) is 5.34. The van der Waals surface area contributed by atoms with Gasteiger partial charge in [-0.25, -0.2) is 4.39 Å². The molecule has 2 rings (SSSR count). The summed E-state index contributed by atoms with van der Waals surface area (Å²) >= 11 is 7.28. The maximum atomic E-state index is 13.5. The molecule has 0 nitrogen and oxygen atoms in total. The number of halogens is 3. The van der Waals surface area contributed by atoms with Crippen LogP contribution >= 0.6 is 31.9 Å². The highest BCUT2D eigenvalue weighted by atomic mass is 79.9. The first-order valence-electron chi connectivity index (χ1n) is 7.37. The fourth-order valence-corrected chi connectivity index (χ4v) is 5.69. The summed E-state index contributed by atoms with van der Waals surface area (Å²) in [5.41, 5.74) is 1.27. The van der Waals surface area contributed by atoms with Gasteiger partial charge in [0.15, 0.2) is 0 Å². The summed E-state index contributed by atoms with van der Waals surface area (Å²) in [5.74, 6) is 1.31. The van der Waals surface area contributed by atoms with Crippen LogP contribution in [0.25, 0.3) is 0 Å². The molecular weight excluding hydrogens is 383 g/mol. The van der Waals surface area contributed by atoms with Crippen molar-refractivity contribution in [1.29, 1.82) is 0 Å². The minimum absolute atomic E-state index is 0.155. The first kappa shape index (κ1) is 16.5. The second-order valence-corrected chi connectivity index (χ2v) is 9.08. The summed E-state index contributed by atoms with van der Waals surface area (Å²) in [6.07, 6.45) is 4.75. The second kappa shape index (κ2) is 6.48. The third-order valence-corrected chi connectivity index (χ3v) is 6.09. The van der Waals surface area contributed by atoms with Gasteiger partial charge in [-0.15, -0.1) is 0 Å². The van der Waals surface area contributed by atoms with Crippen LogP contribution < -0.4 is 0 Å². The van der Waals surface area contributed by atoms with Crippen molar-refractivity contribution in [2.45, 2.75) is 51.3 Å². The van der Waals surface area contributed by atoms with Crippen LogP contribution in [0.5, 0.6) is 0 Å². The van der Waals surface area contributed by atoms with Gasteiger partial charge in [0.2, 0.25) is 0 Å². The normalized spacial score (nSPS) is 27.6. The van der Waals surface area contributed by atoms with Crippen LogP contribution in [0.4, 0.5) is 4.39 Å². The first-order valence-corrected chi connectivity index (χ1v) is 9.08. The average molecular weight is 406 g/mol. The van der Waals surface area contributed by atoms with Gasteiger partial charge < -0.3 is 0 Å². The quantitative estimate of drug-likeness (QED) is 0.513. The number of hydrogen-bond acceptors (Lipinski definition) is 0. The number of rotatable bonds is 3. The third-order valence-electron chi connectivity index (χ3n) is 4.62. The maximum absolute atomic E-state index is 13.5. The highest BCUT2D eigenvalue weighted by Crippen LogP contribution is 2.45. The monoisotopic (exact) mass is 404 g/mol. The molecule has 3 atom stereocenters. The molecule has 1 saturated carbocycles. The van der Waals surface area contributed by atoms with Crippen LogP contribution in [-0.4, -0.2) is 4.83 Å². The van der Waals surface area contributed by atoms with Crippen LogP contribution in [0.2, 0.25) is 0 Å². The summed E-state index contributed by atoms with van der Waals surface area (Å²) in [7, 11) is 0. The lowest BCUT2D eigenvalue weighted by molar-refractivity contribution is 0.147. The van der Waals surface area contributed by atoms with E-state index in [-0.39, 0.29) is 11.2 Å². The van der Waals surface area contributed by atoms with Gasteiger partial charge in [-0.05, 0) is 60.3 Å². The highest BCUT2D eigenvalue weighted by Gasteiger charge is 2.37. The number of hydrogen-bond donors (Lipinski definition) is 0. The molecule has 112 valence electrons. The SMILES string of the molecule is CC1CCC(C(C)(C)Cc2cc(F)cc(Br)c2)C(Br)C1. The van der Waals surface area contributed by atoms with E-state index in [2.05, 4.69) is 52.6 Å². The van der Waals surface area contributed by atoms with E-state index in [1.165, 1.54) is 25.3 Å². The van der Waals surface area contributed by atoms with E-state index in [1.54, 1.807) is 6.07 Å². The lowest BCUT2D eigenvalue weighted by Crippen LogP contribution is -2.37. The molecule has 0 radical (unpaired) electrons. The second-order valence-electron chi connectivity index (χ2n) is 6.98. The molecule has 1 aliphatic rings. The van der Waals surface area contributed by atoms with Gasteiger partial charge in [0.1, 0.15) is 5.82 Å². The predicted octanol–water partition coefficient (Wildman–Crippen LogP) is 6.36. The summed E-state index contributed by atoms with van der Waals surface area (Å²) in [4.78, 5) is 0.582. The van der Waals surface area contributed by atoms with E-state index in [0.29, 0.717) is 10.7 Å². The zero-order valence-electron chi connectivity index (χ0n) is 12.4. The van der Waals surface area contributed by atoms with Crippen molar-refractivity contribution >= 4 is 31.9 Å². The molecule has 1 aliphatic carbocycles. The Labute approximate surface area is 138 Å². The van der Waals surface area contributed by atoms with Gasteiger partial charge >= 0.3 is 0 Å². The molecule has 0 amide bonds. The lowest BCUT2D eigenvalue weighted by atomic mass is 9.66. The van der Waals surface area contributed by atoms with Crippen LogP contribution in [0, 0.1) is 23.1 Å². The number of benzene rings is 1. The predicted molar refractivity (Wildman–Crippen MR) is 90.8 cm³/mol. The molecule has 0 aromatic heterocycles. The van der Waals surface area contributed by atoms with Gasteiger partial charge in [-0.1, -0.05) is 59.1 Å². The van der Waals surface area contributed by atoms with Crippen molar-refractivity contribution in [3.8, 4) is 0 Å². The molecule has 20 heavy (non-hydrogen) atoms. The van der Waals surface area contributed by atoms with Gasteiger partial charge in [-0.2, -0.15) is 0 Å². The van der Waals surface area contributed by atoms with Crippen LogP contribution in [-0.2, 0) is 6.42 Å². The molecule has 3 unspecified atom stereocenters. The van der Waals surface area contributed by atoms with Crippen molar-refractivity contribution in [2.75, 3.05) is 0 Å². The van der Waals surface area contributed by atoms with E-state index in [0.717, 1.165) is 22.4 Å². The van der Waals surface area contributed by atoms with Gasteiger partial charge in [0.25, 0.3) is 0 Å². The molecule has 1 fully saturated rings. The molecule has 0 saturated heterocycles. The molecule has 3 heteroatoms. The Morgan fingerprint density at radius 3 is 2.55 bits per heavy atom. The Hall–Kier alpha value is 0.110. The van der Waals surface area contributed by atoms with Gasteiger partial charge in [-0.3, -0.25) is 0 Å². The Morgan fingerprint density at radius 1 is 1.25 bits per heavy atom. The zero-order valence-corrected chi connectivity index (χ0v) is 15.6. The van der Waals surface area contributed by atoms with Crippen molar-refractivity contribution in [1.82, 2.24) is 0 Å². The van der Waals surface area contributed by atoms with Crippen LogP contribution in [0.1, 0.15) is 45.6 Å². The Bertz CT molecular complexity index is 450. The minimum Gasteiger partial charge on any atom is -0.207 e. The van der Waals surface area contributed by atoms with E-state index >= 15 is 0 Å². The summed E-state index contributed by atoms with van der Waals surface area (Å²) < 4.78 is 14.4. The first-order chi connectivity index (χ1) is 9.28. The Morgan fingerprint density at radius 2 is 1.95 bits per heavy atom. The topological polar surface area (TPSA) is 0 Å². The van der Waals surface area contributed by atoms with Crippen LogP contribution in [0.15, 0.2) is 22.7 Å². The van der Waals surface area contributed by atoms with Crippen molar-refractivity contribution < 1.29 is 4.39 Å². The van der Waals surface area contributed by atoms with Gasteiger partial charge in [0.05, 0.1) is 0 Å². The fourth-order valence-electron chi connectivity index (χ4n) is 3.56. The minimum atomic E-state index is -0.155. The van der Waals surface area contributed by atoms with Crippen molar-refractivity contribution in [3.63, 3.8) is 0 Å². The summed E-state index contributed by atoms with van der Waals surface area (Å²) in [6, 6.07) is 5.23. The molecule has 1 aromatic rings. The van der Waals surface area contributed by atoms with Crippen molar-refractivity contribution in [2.24, 2.45) is 17.3 Å². The molecule has 1 aromatic carbocycles. The standard InChI is InChI=1S/C17H23Br2F/c1-11-4-5-15(16(19)6-11)17(2,3)10-12-7-13(18)9-14(20)8-12/h7-9,11,15-16H,4-6,10H2,1-3H3. The lowest BCUT2D eigenvalue weighted by Gasteiger charge is -2.42. The molecule has 0 heterocycles. The molecular formula is C17H23Br2F. The van der Waals surface area contributed by atoms with E-state index in [4.69, 9.17) is 0 Å². The number of alkyl halides is 1. The highest BCUT2D eigenvalue weighted by molar-refractivity contribution is 9.10. The molecule has 0 N–H and O–H groups in total. The molecule has 0 aliphatic heterocycles. The fraction of sp³-hybridized carbons (Fsp3) is 0.647. The smallest absolute Gasteiger partial charge is 0.124 e. The van der Waals surface area contributed by atoms with Gasteiger partial charge in [0, 0.05) is 9.30 Å². The molecule has 0 bridgehead atoms.